The van der Waals surface area contributed by atoms with Crippen LogP contribution in [0.15, 0.2) is 18.3 Å². The van der Waals surface area contributed by atoms with Gasteiger partial charge in [-0.2, -0.15) is 0 Å². The summed E-state index contributed by atoms with van der Waals surface area (Å²) in [4.78, 5) is 20.3. The predicted molar refractivity (Wildman–Crippen MR) is 85.8 cm³/mol. The van der Waals surface area contributed by atoms with Gasteiger partial charge in [-0.15, -0.1) is 0 Å². The number of nitrogens with zero attached hydrogens (tertiary/aromatic N) is 3. The average Bonchev–Trinajstić information content (AvgIpc) is 2.97. The Labute approximate surface area is 127 Å². The molecule has 1 fully saturated rings. The van der Waals surface area contributed by atoms with Gasteiger partial charge in [0.1, 0.15) is 5.82 Å². The van der Waals surface area contributed by atoms with Crippen molar-refractivity contribution in [2.24, 2.45) is 0 Å². The first-order valence-corrected chi connectivity index (χ1v) is 7.66. The summed E-state index contributed by atoms with van der Waals surface area (Å²) in [7, 11) is 3.50. The second-order valence-corrected chi connectivity index (χ2v) is 6.14. The van der Waals surface area contributed by atoms with Gasteiger partial charge in [-0.1, -0.05) is 0 Å². The van der Waals surface area contributed by atoms with Crippen molar-refractivity contribution in [2.45, 2.75) is 38.8 Å². The van der Waals surface area contributed by atoms with Gasteiger partial charge in [-0.05, 0) is 45.4 Å². The molecule has 2 heterocycles. The molecule has 1 atom stereocenters. The summed E-state index contributed by atoms with van der Waals surface area (Å²) < 4.78 is 0. The number of nitrogens with one attached hydrogen (secondary N) is 1. The minimum atomic E-state index is -0.0115. The molecule has 5 heteroatoms. The quantitative estimate of drug-likeness (QED) is 0.897. The summed E-state index contributed by atoms with van der Waals surface area (Å²) in [5.74, 6) is 0.927. The van der Waals surface area contributed by atoms with Crippen LogP contribution < -0.4 is 10.2 Å². The normalized spacial score (nSPS) is 18.0. The Balaban J connectivity index is 2.11. The van der Waals surface area contributed by atoms with E-state index in [9.17, 15) is 4.79 Å². The summed E-state index contributed by atoms with van der Waals surface area (Å²) in [6.07, 6.45) is 4.15. The fourth-order valence-corrected chi connectivity index (χ4v) is 2.66. The predicted octanol–water partition coefficient (Wildman–Crippen LogP) is 1.75. The first kappa shape index (κ1) is 15.8. The molecule has 1 aromatic rings. The fourth-order valence-electron chi connectivity index (χ4n) is 2.66. The molecule has 1 aliphatic heterocycles. The van der Waals surface area contributed by atoms with Crippen LogP contribution in [0, 0.1) is 0 Å². The Hall–Kier alpha value is -1.62. The number of hydrogen-bond donors (Lipinski definition) is 1. The molecule has 0 saturated carbocycles. The summed E-state index contributed by atoms with van der Waals surface area (Å²) in [5, 5.41) is 3.53. The average molecular weight is 290 g/mol. The molecule has 0 aromatic carbocycles. The van der Waals surface area contributed by atoms with Crippen LogP contribution in [-0.4, -0.2) is 55.1 Å². The van der Waals surface area contributed by atoms with E-state index in [1.165, 1.54) is 12.8 Å². The summed E-state index contributed by atoms with van der Waals surface area (Å²) in [5.41, 5.74) is 0.631. The molecular formula is C16H26N4O. The fraction of sp³-hybridized carbons (Fsp3) is 0.625. The molecule has 116 valence electrons. The van der Waals surface area contributed by atoms with E-state index in [0.717, 1.165) is 18.9 Å². The SMILES string of the molecule is CC(C)N(CC1CCCN1)c1ccc(C(=O)N(C)C)cn1. The van der Waals surface area contributed by atoms with E-state index in [-0.39, 0.29) is 5.91 Å². The molecule has 0 aliphatic carbocycles. The molecule has 5 nitrogen and oxygen atoms in total. The minimum absolute atomic E-state index is 0.0115. The number of rotatable bonds is 5. The lowest BCUT2D eigenvalue weighted by Crippen LogP contribution is -2.41. The standard InChI is InChI=1S/C16H26N4O/c1-12(2)20(11-14-6-5-9-17-14)15-8-7-13(10-18-15)16(21)19(3)4/h7-8,10,12,14,17H,5-6,9,11H2,1-4H3. The number of carbonyl (C=O) groups is 1. The van der Waals surface area contributed by atoms with Crippen LogP contribution in [0.4, 0.5) is 5.82 Å². The Morgan fingerprint density at radius 2 is 2.19 bits per heavy atom. The maximum absolute atomic E-state index is 11.9. The maximum Gasteiger partial charge on any atom is 0.254 e. The van der Waals surface area contributed by atoms with E-state index in [2.05, 4.69) is 29.0 Å². The van der Waals surface area contributed by atoms with Crippen molar-refractivity contribution in [1.82, 2.24) is 15.2 Å². The molecule has 1 amide bonds. The third-order valence-electron chi connectivity index (χ3n) is 3.90. The minimum Gasteiger partial charge on any atom is -0.353 e. The van der Waals surface area contributed by atoms with Crippen LogP contribution >= 0.6 is 0 Å². The van der Waals surface area contributed by atoms with Crippen molar-refractivity contribution in [3.8, 4) is 0 Å². The highest BCUT2D eigenvalue weighted by molar-refractivity contribution is 5.93. The van der Waals surface area contributed by atoms with Crippen LogP contribution in [0.1, 0.15) is 37.0 Å². The number of carbonyl (C=O) groups excluding carboxylic acids is 1. The van der Waals surface area contributed by atoms with E-state index in [1.807, 2.05) is 12.1 Å². The van der Waals surface area contributed by atoms with Crippen molar-refractivity contribution in [1.29, 1.82) is 0 Å². The van der Waals surface area contributed by atoms with Crippen molar-refractivity contribution in [3.05, 3.63) is 23.9 Å². The number of pyridine rings is 1. The number of anilines is 1. The number of aromatic nitrogens is 1. The van der Waals surface area contributed by atoms with Gasteiger partial charge in [0.15, 0.2) is 0 Å². The van der Waals surface area contributed by atoms with Gasteiger partial charge < -0.3 is 15.1 Å². The lowest BCUT2D eigenvalue weighted by atomic mass is 10.2. The van der Waals surface area contributed by atoms with E-state index in [1.54, 1.807) is 25.2 Å². The molecule has 1 unspecified atom stereocenters. The topological polar surface area (TPSA) is 48.5 Å². The molecule has 0 spiro atoms. The maximum atomic E-state index is 11.9. The van der Waals surface area contributed by atoms with Gasteiger partial charge in [0.25, 0.3) is 5.91 Å². The van der Waals surface area contributed by atoms with Gasteiger partial charge in [-0.3, -0.25) is 4.79 Å². The monoisotopic (exact) mass is 290 g/mol. The molecular weight excluding hydrogens is 264 g/mol. The Bertz CT molecular complexity index is 464. The van der Waals surface area contributed by atoms with Crippen LogP contribution in [0.2, 0.25) is 0 Å². The first-order valence-electron chi connectivity index (χ1n) is 7.66. The van der Waals surface area contributed by atoms with Gasteiger partial charge in [0, 0.05) is 38.9 Å². The van der Waals surface area contributed by atoms with Gasteiger partial charge >= 0.3 is 0 Å². The van der Waals surface area contributed by atoms with Gasteiger partial charge in [0.2, 0.25) is 0 Å². The van der Waals surface area contributed by atoms with Crippen LogP contribution in [0.5, 0.6) is 0 Å². The highest BCUT2D eigenvalue weighted by Crippen LogP contribution is 2.18. The Kier molecular flexibility index (Phi) is 5.17. The molecule has 1 aromatic heterocycles. The Morgan fingerprint density at radius 3 is 2.67 bits per heavy atom. The zero-order valence-corrected chi connectivity index (χ0v) is 13.5. The van der Waals surface area contributed by atoms with Crippen molar-refractivity contribution in [2.75, 3.05) is 32.1 Å². The van der Waals surface area contributed by atoms with Crippen LogP contribution in [0.25, 0.3) is 0 Å². The molecule has 2 rings (SSSR count). The van der Waals surface area contributed by atoms with Crippen molar-refractivity contribution < 1.29 is 4.79 Å². The largest absolute Gasteiger partial charge is 0.353 e. The zero-order valence-electron chi connectivity index (χ0n) is 13.5. The molecule has 0 radical (unpaired) electrons. The number of hydrogen-bond acceptors (Lipinski definition) is 4. The van der Waals surface area contributed by atoms with Crippen LogP contribution in [-0.2, 0) is 0 Å². The zero-order chi connectivity index (χ0) is 15.4. The second-order valence-electron chi connectivity index (χ2n) is 6.14. The van der Waals surface area contributed by atoms with Gasteiger partial charge in [-0.25, -0.2) is 4.98 Å². The smallest absolute Gasteiger partial charge is 0.254 e. The molecule has 0 bridgehead atoms. The van der Waals surface area contributed by atoms with Crippen LogP contribution in [0.3, 0.4) is 0 Å². The Morgan fingerprint density at radius 1 is 1.43 bits per heavy atom. The highest BCUT2D eigenvalue weighted by atomic mass is 16.2. The molecule has 1 saturated heterocycles. The third-order valence-corrected chi connectivity index (χ3v) is 3.90. The van der Waals surface area contributed by atoms with Gasteiger partial charge in [0.05, 0.1) is 5.56 Å². The lowest BCUT2D eigenvalue weighted by Gasteiger charge is -2.30. The summed E-state index contributed by atoms with van der Waals surface area (Å²) in [6, 6.07) is 4.74. The van der Waals surface area contributed by atoms with Crippen molar-refractivity contribution in [3.63, 3.8) is 0 Å². The summed E-state index contributed by atoms with van der Waals surface area (Å²) >= 11 is 0. The summed E-state index contributed by atoms with van der Waals surface area (Å²) in [6.45, 7) is 6.43. The molecule has 21 heavy (non-hydrogen) atoms. The van der Waals surface area contributed by atoms with E-state index in [4.69, 9.17) is 0 Å². The van der Waals surface area contributed by atoms with E-state index < -0.39 is 0 Å². The van der Waals surface area contributed by atoms with Crippen molar-refractivity contribution >= 4 is 11.7 Å². The lowest BCUT2D eigenvalue weighted by molar-refractivity contribution is 0.0827. The third kappa shape index (κ3) is 3.94. The molecule has 1 N–H and O–H groups in total. The second kappa shape index (κ2) is 6.89. The first-order chi connectivity index (χ1) is 9.99. The van der Waals surface area contributed by atoms with E-state index in [0.29, 0.717) is 17.6 Å². The van der Waals surface area contributed by atoms with E-state index >= 15 is 0 Å². The highest BCUT2D eigenvalue weighted by Gasteiger charge is 2.21. The number of amides is 1. The molecule has 1 aliphatic rings.